The van der Waals surface area contributed by atoms with Gasteiger partial charge in [0, 0.05) is 25.4 Å². The topological polar surface area (TPSA) is 49.4 Å². The van der Waals surface area contributed by atoms with Crippen molar-refractivity contribution in [3.63, 3.8) is 0 Å². The van der Waals surface area contributed by atoms with Crippen molar-refractivity contribution in [2.45, 2.75) is 58.2 Å². The fourth-order valence-electron chi connectivity index (χ4n) is 4.73. The van der Waals surface area contributed by atoms with Crippen molar-refractivity contribution in [3.05, 3.63) is 118 Å². The Balaban J connectivity index is 1.66. The van der Waals surface area contributed by atoms with E-state index in [0.717, 1.165) is 33.9 Å². The van der Waals surface area contributed by atoms with Crippen LogP contribution < -0.4 is 5.32 Å². The lowest BCUT2D eigenvalue weighted by atomic mass is 9.99. The van der Waals surface area contributed by atoms with E-state index in [-0.39, 0.29) is 30.8 Å². The van der Waals surface area contributed by atoms with Crippen LogP contribution in [-0.2, 0) is 29.0 Å². The van der Waals surface area contributed by atoms with Gasteiger partial charge in [-0.3, -0.25) is 9.59 Å². The number of rotatable bonds is 11. The number of benzene rings is 4. The summed E-state index contributed by atoms with van der Waals surface area (Å²) in [7, 11) is 0. The van der Waals surface area contributed by atoms with Gasteiger partial charge in [0.1, 0.15) is 6.04 Å². The lowest BCUT2D eigenvalue weighted by Crippen LogP contribution is -2.52. The van der Waals surface area contributed by atoms with Gasteiger partial charge in [-0.2, -0.15) is 0 Å². The number of carbonyl (C=O) groups is 2. The number of carbonyl (C=O) groups excluding carboxylic acids is 2. The van der Waals surface area contributed by atoms with Gasteiger partial charge in [0.05, 0.1) is 10.0 Å². The molecule has 4 rings (SSSR count). The van der Waals surface area contributed by atoms with Crippen molar-refractivity contribution in [1.82, 2.24) is 10.2 Å². The Morgan fingerprint density at radius 2 is 1.56 bits per heavy atom. The highest BCUT2D eigenvalue weighted by atomic mass is 35.5. The van der Waals surface area contributed by atoms with Gasteiger partial charge in [-0.15, -0.1) is 0 Å². The molecule has 6 heteroatoms. The predicted octanol–water partition coefficient (Wildman–Crippen LogP) is 7.63. The second kappa shape index (κ2) is 13.6. The minimum Gasteiger partial charge on any atom is -0.352 e. The first kappa shape index (κ1) is 28.7. The molecule has 39 heavy (non-hydrogen) atoms. The SMILES string of the molecule is CCC(C)NC(=O)C(Cc1ccccc1)N(Cc1ccc(Cl)c(Cl)c1)C(=O)CCc1cccc2ccccc12. The number of aryl methyl sites for hydroxylation is 1. The molecule has 0 spiro atoms. The van der Waals surface area contributed by atoms with Gasteiger partial charge in [0.25, 0.3) is 0 Å². The van der Waals surface area contributed by atoms with Crippen molar-refractivity contribution in [2.75, 3.05) is 0 Å². The van der Waals surface area contributed by atoms with Crippen LogP contribution in [0.1, 0.15) is 43.4 Å². The van der Waals surface area contributed by atoms with Crippen molar-refractivity contribution >= 4 is 45.8 Å². The average molecular weight is 562 g/mol. The summed E-state index contributed by atoms with van der Waals surface area (Å²) in [4.78, 5) is 29.4. The molecule has 0 aliphatic rings. The molecule has 0 heterocycles. The van der Waals surface area contributed by atoms with Crippen LogP contribution in [0.4, 0.5) is 0 Å². The number of nitrogens with one attached hydrogen (secondary N) is 1. The van der Waals surface area contributed by atoms with Gasteiger partial charge in [-0.05, 0) is 59.4 Å². The zero-order valence-electron chi connectivity index (χ0n) is 22.4. The second-order valence-corrected chi connectivity index (χ2v) is 10.7. The number of fused-ring (bicyclic) bond motifs is 1. The first-order valence-electron chi connectivity index (χ1n) is 13.4. The van der Waals surface area contributed by atoms with Crippen molar-refractivity contribution in [3.8, 4) is 0 Å². The zero-order valence-corrected chi connectivity index (χ0v) is 23.9. The third kappa shape index (κ3) is 7.62. The third-order valence-corrected chi connectivity index (χ3v) is 7.84. The van der Waals surface area contributed by atoms with E-state index in [0.29, 0.717) is 22.9 Å². The lowest BCUT2D eigenvalue weighted by Gasteiger charge is -2.32. The highest BCUT2D eigenvalue weighted by molar-refractivity contribution is 6.42. The van der Waals surface area contributed by atoms with Gasteiger partial charge in [-0.1, -0.05) is 109 Å². The highest BCUT2D eigenvalue weighted by Crippen LogP contribution is 2.25. The van der Waals surface area contributed by atoms with E-state index in [4.69, 9.17) is 23.2 Å². The smallest absolute Gasteiger partial charge is 0.243 e. The number of halogens is 2. The molecular formula is C33H34Cl2N2O2. The minimum absolute atomic E-state index is 0.00613. The van der Waals surface area contributed by atoms with E-state index in [1.54, 1.807) is 17.0 Å². The van der Waals surface area contributed by atoms with Crippen LogP contribution in [-0.4, -0.2) is 28.8 Å². The van der Waals surface area contributed by atoms with E-state index in [2.05, 4.69) is 29.6 Å². The summed E-state index contributed by atoms with van der Waals surface area (Å²) in [5.74, 6) is -0.249. The summed E-state index contributed by atoms with van der Waals surface area (Å²) >= 11 is 12.5. The molecule has 4 nitrogen and oxygen atoms in total. The van der Waals surface area contributed by atoms with Gasteiger partial charge in [-0.25, -0.2) is 0 Å². The summed E-state index contributed by atoms with van der Waals surface area (Å²) in [6.45, 7) is 4.25. The van der Waals surface area contributed by atoms with Crippen LogP contribution in [0.3, 0.4) is 0 Å². The summed E-state index contributed by atoms with van der Waals surface area (Å²) in [5.41, 5.74) is 2.92. The van der Waals surface area contributed by atoms with E-state index in [1.165, 1.54) is 0 Å². The molecule has 0 aliphatic carbocycles. The van der Waals surface area contributed by atoms with Gasteiger partial charge in [0.15, 0.2) is 0 Å². The minimum atomic E-state index is -0.684. The number of hydrogen-bond donors (Lipinski definition) is 1. The van der Waals surface area contributed by atoms with Crippen molar-refractivity contribution in [1.29, 1.82) is 0 Å². The summed E-state index contributed by atoms with van der Waals surface area (Å²) in [6, 6.07) is 28.8. The molecule has 2 unspecified atom stereocenters. The molecule has 0 saturated carbocycles. The van der Waals surface area contributed by atoms with Gasteiger partial charge >= 0.3 is 0 Å². The van der Waals surface area contributed by atoms with Gasteiger partial charge < -0.3 is 10.2 Å². The Bertz CT molecular complexity index is 1420. The van der Waals surface area contributed by atoms with Crippen LogP contribution in [0.5, 0.6) is 0 Å². The van der Waals surface area contributed by atoms with Crippen LogP contribution in [0, 0.1) is 0 Å². The van der Waals surface area contributed by atoms with Crippen LogP contribution in [0.15, 0.2) is 91.0 Å². The molecule has 0 aromatic heterocycles. The Morgan fingerprint density at radius 1 is 0.846 bits per heavy atom. The molecule has 0 radical (unpaired) electrons. The molecule has 0 fully saturated rings. The zero-order chi connectivity index (χ0) is 27.8. The molecule has 0 saturated heterocycles. The Kier molecular flexibility index (Phi) is 10.0. The molecule has 0 aliphatic heterocycles. The molecule has 1 N–H and O–H groups in total. The molecule has 2 atom stereocenters. The average Bonchev–Trinajstić information content (AvgIpc) is 2.95. The summed E-state index contributed by atoms with van der Waals surface area (Å²) in [5, 5.41) is 6.26. The maximum Gasteiger partial charge on any atom is 0.243 e. The van der Waals surface area contributed by atoms with Crippen LogP contribution in [0.25, 0.3) is 10.8 Å². The summed E-state index contributed by atoms with van der Waals surface area (Å²) in [6.07, 6.45) is 2.05. The van der Waals surface area contributed by atoms with E-state index in [1.807, 2.05) is 68.4 Å². The van der Waals surface area contributed by atoms with E-state index in [9.17, 15) is 9.59 Å². The Labute approximate surface area is 240 Å². The normalized spacial score (nSPS) is 12.6. The molecule has 4 aromatic carbocycles. The van der Waals surface area contributed by atoms with E-state index < -0.39 is 6.04 Å². The number of nitrogens with zero attached hydrogens (tertiary/aromatic N) is 1. The third-order valence-electron chi connectivity index (χ3n) is 7.10. The maximum absolute atomic E-state index is 14.0. The summed E-state index contributed by atoms with van der Waals surface area (Å²) < 4.78 is 0. The van der Waals surface area contributed by atoms with Crippen molar-refractivity contribution in [2.24, 2.45) is 0 Å². The maximum atomic E-state index is 14.0. The highest BCUT2D eigenvalue weighted by Gasteiger charge is 2.31. The fraction of sp³-hybridized carbons (Fsp3) is 0.273. The Hall–Kier alpha value is -3.34. The number of amides is 2. The Morgan fingerprint density at radius 3 is 2.31 bits per heavy atom. The quantitative estimate of drug-likeness (QED) is 0.205. The number of hydrogen-bond acceptors (Lipinski definition) is 2. The molecule has 0 bridgehead atoms. The van der Waals surface area contributed by atoms with E-state index >= 15 is 0 Å². The predicted molar refractivity (Wildman–Crippen MR) is 161 cm³/mol. The first-order valence-corrected chi connectivity index (χ1v) is 14.2. The van der Waals surface area contributed by atoms with Crippen LogP contribution >= 0.6 is 23.2 Å². The first-order chi connectivity index (χ1) is 18.9. The fourth-order valence-corrected chi connectivity index (χ4v) is 5.05. The molecule has 4 aromatic rings. The lowest BCUT2D eigenvalue weighted by molar-refractivity contribution is -0.141. The molecule has 2 amide bonds. The van der Waals surface area contributed by atoms with Crippen molar-refractivity contribution < 1.29 is 9.59 Å². The molecular weight excluding hydrogens is 527 g/mol. The largest absolute Gasteiger partial charge is 0.352 e. The standard InChI is InChI=1S/C33H34Cl2N2O2/c1-3-23(2)36-33(39)31(21-24-10-5-4-6-11-24)37(22-25-16-18-29(34)30(35)20-25)32(38)19-17-27-14-9-13-26-12-7-8-15-28(26)27/h4-16,18,20,23,31H,3,17,19,21-22H2,1-2H3,(H,36,39). The second-order valence-electron chi connectivity index (χ2n) is 9.93. The molecule has 202 valence electrons. The van der Waals surface area contributed by atoms with Gasteiger partial charge in [0.2, 0.25) is 11.8 Å². The monoisotopic (exact) mass is 560 g/mol. The van der Waals surface area contributed by atoms with Crippen LogP contribution in [0.2, 0.25) is 10.0 Å².